The Hall–Kier alpha value is -3.38. The van der Waals surface area contributed by atoms with E-state index in [-0.39, 0.29) is 17.1 Å². The molecule has 0 unspecified atom stereocenters. The molecule has 5 N–H and O–H groups in total. The van der Waals surface area contributed by atoms with E-state index in [1.165, 1.54) is 54.5 Å². The van der Waals surface area contributed by atoms with E-state index in [4.69, 9.17) is 23.1 Å². The number of halogens is 4. The highest BCUT2D eigenvalue weighted by molar-refractivity contribution is 6.31. The normalized spacial score (nSPS) is 13.7. The van der Waals surface area contributed by atoms with Crippen LogP contribution in [-0.2, 0) is 17.5 Å². The van der Waals surface area contributed by atoms with Crippen molar-refractivity contribution in [1.29, 1.82) is 0 Å². The van der Waals surface area contributed by atoms with Crippen LogP contribution < -0.4 is 11.5 Å². The third kappa shape index (κ3) is 9.82. The summed E-state index contributed by atoms with van der Waals surface area (Å²) < 4.78 is 38.8. The number of hydrogen-bond donors (Lipinski definition) is 3. The van der Waals surface area contributed by atoms with Gasteiger partial charge in [0.25, 0.3) is 5.91 Å². The minimum atomic E-state index is -4.50. The van der Waals surface area contributed by atoms with Crippen molar-refractivity contribution in [3.05, 3.63) is 52.9 Å². The second-order valence-corrected chi connectivity index (χ2v) is 9.86. The third-order valence-electron chi connectivity index (χ3n) is 5.36. The molecule has 1 saturated heterocycles. The van der Waals surface area contributed by atoms with E-state index in [0.29, 0.717) is 22.5 Å². The number of nitrogens with zero attached hydrogens (tertiary/aromatic N) is 4. The molecule has 0 aliphatic carbocycles. The van der Waals surface area contributed by atoms with Gasteiger partial charge in [0.05, 0.1) is 29.4 Å². The Kier molecular flexibility index (Phi) is 10.5. The van der Waals surface area contributed by atoms with Crippen molar-refractivity contribution in [2.24, 2.45) is 5.73 Å². The Morgan fingerprint density at radius 2 is 1.76 bits per heavy atom. The highest BCUT2D eigenvalue weighted by Gasteiger charge is 2.33. The maximum Gasteiger partial charge on any atom is 0.433 e. The van der Waals surface area contributed by atoms with E-state index in [0.717, 1.165) is 19.2 Å². The molecule has 0 saturated carbocycles. The number of fused-ring (bicyclic) bond motifs is 1. The van der Waals surface area contributed by atoms with E-state index in [1.54, 1.807) is 20.8 Å². The Morgan fingerprint density at radius 3 is 2.24 bits per heavy atom. The number of nitrogen functional groups attached to an aromatic ring is 1. The van der Waals surface area contributed by atoms with Crippen LogP contribution in [-0.4, -0.2) is 55.3 Å². The number of pyridine rings is 1. The standard InChI is InChI=1S/C10H6ClF3N2.C8H13N3O2.C7H13NO/c11-5-1-2-8-6(3-5)7(15)4-9(16-8)10(12,13)14;1-8(2,13)5-11-4-6(3-10-11)7(9)12;1-7(9)8-5-3-2-4-6-8/h1-4H,(H2,15,16);3-4,13H,5H2,1-2H3,(H2,9,12);2-6H2,1H3. The van der Waals surface area contributed by atoms with Crippen LogP contribution in [0.15, 0.2) is 36.7 Å². The number of hydrogen-bond acceptors (Lipinski definition) is 6. The summed E-state index contributed by atoms with van der Waals surface area (Å²) in [5.74, 6) is -0.281. The maximum absolute atomic E-state index is 12.4. The third-order valence-corrected chi connectivity index (χ3v) is 5.60. The molecule has 0 atom stereocenters. The van der Waals surface area contributed by atoms with Crippen LogP contribution in [0, 0.1) is 0 Å². The molecule has 3 heterocycles. The number of carbonyl (C=O) groups excluding carboxylic acids is 2. The average Bonchev–Trinajstić information content (AvgIpc) is 3.27. The lowest BCUT2D eigenvalue weighted by Crippen LogP contribution is -2.33. The molecule has 1 aliphatic heterocycles. The number of primary amides is 1. The quantitative estimate of drug-likeness (QED) is 0.440. The van der Waals surface area contributed by atoms with Gasteiger partial charge in [-0.15, -0.1) is 0 Å². The van der Waals surface area contributed by atoms with Crippen LogP contribution in [0.4, 0.5) is 18.9 Å². The number of aliphatic hydroxyl groups is 1. The average molecular weight is 557 g/mol. The van der Waals surface area contributed by atoms with Crippen LogP contribution in [0.1, 0.15) is 56.1 Å². The van der Waals surface area contributed by atoms with Gasteiger partial charge in [0.1, 0.15) is 5.69 Å². The zero-order valence-corrected chi connectivity index (χ0v) is 22.2. The first-order chi connectivity index (χ1) is 17.6. The van der Waals surface area contributed by atoms with Crippen molar-refractivity contribution in [2.45, 2.75) is 58.4 Å². The van der Waals surface area contributed by atoms with E-state index in [9.17, 15) is 27.9 Å². The fraction of sp³-hybridized carbons (Fsp3) is 0.440. The van der Waals surface area contributed by atoms with E-state index in [1.807, 2.05) is 4.90 Å². The number of alkyl halides is 3. The molecule has 2 amide bonds. The first kappa shape index (κ1) is 30.8. The largest absolute Gasteiger partial charge is 0.433 e. The van der Waals surface area contributed by atoms with Gasteiger partial charge in [0.2, 0.25) is 5.91 Å². The summed E-state index contributed by atoms with van der Waals surface area (Å²) in [5.41, 5.74) is 9.26. The van der Waals surface area contributed by atoms with Gasteiger partial charge in [-0.05, 0) is 57.4 Å². The maximum atomic E-state index is 12.4. The van der Waals surface area contributed by atoms with Gasteiger partial charge in [-0.2, -0.15) is 18.3 Å². The molecule has 13 heteroatoms. The summed E-state index contributed by atoms with van der Waals surface area (Å²) in [4.78, 5) is 26.8. The number of carbonyl (C=O) groups is 2. The zero-order chi connectivity index (χ0) is 28.7. The van der Waals surface area contributed by atoms with Crippen molar-refractivity contribution in [2.75, 3.05) is 18.8 Å². The molecule has 1 aliphatic rings. The number of benzene rings is 1. The topological polar surface area (TPSA) is 140 Å². The predicted molar refractivity (Wildman–Crippen MR) is 139 cm³/mol. The molecule has 4 rings (SSSR count). The van der Waals surface area contributed by atoms with Crippen LogP contribution in [0.5, 0.6) is 0 Å². The molecule has 0 radical (unpaired) electrons. The Morgan fingerprint density at radius 1 is 1.13 bits per heavy atom. The SMILES string of the molecule is CC(=O)N1CCCCC1.CC(C)(O)Cn1cc(C(N)=O)cn1.Nc1cc(C(F)(F)F)nc2ccc(Cl)cc12. The van der Waals surface area contributed by atoms with Crippen molar-refractivity contribution < 1.29 is 27.9 Å². The molecular formula is C25H32ClF3N6O3. The van der Waals surface area contributed by atoms with Gasteiger partial charge in [-0.1, -0.05) is 11.6 Å². The lowest BCUT2D eigenvalue weighted by Gasteiger charge is -2.24. The van der Waals surface area contributed by atoms with Gasteiger partial charge in [-0.25, -0.2) is 4.98 Å². The number of rotatable bonds is 3. The molecule has 38 heavy (non-hydrogen) atoms. The fourth-order valence-corrected chi connectivity index (χ4v) is 3.72. The summed E-state index contributed by atoms with van der Waals surface area (Å²) in [5, 5.41) is 14.1. The first-order valence-electron chi connectivity index (χ1n) is 11.8. The Labute approximate surface area is 223 Å². The monoisotopic (exact) mass is 556 g/mol. The predicted octanol–water partition coefficient (Wildman–Crippen LogP) is 4.26. The summed E-state index contributed by atoms with van der Waals surface area (Å²) >= 11 is 5.71. The molecule has 1 fully saturated rings. The van der Waals surface area contributed by atoms with Crippen molar-refractivity contribution in [3.63, 3.8) is 0 Å². The second-order valence-electron chi connectivity index (χ2n) is 9.43. The van der Waals surface area contributed by atoms with Crippen molar-refractivity contribution in [3.8, 4) is 0 Å². The second kappa shape index (κ2) is 12.9. The molecule has 3 aromatic rings. The van der Waals surface area contributed by atoms with Gasteiger partial charge in [0.15, 0.2) is 0 Å². The lowest BCUT2D eigenvalue weighted by molar-refractivity contribution is -0.141. The number of amides is 2. The minimum absolute atomic E-state index is 0.0137. The van der Waals surface area contributed by atoms with Gasteiger partial charge in [-0.3, -0.25) is 14.3 Å². The van der Waals surface area contributed by atoms with Crippen LogP contribution in [0.2, 0.25) is 5.02 Å². The molecule has 2 aromatic heterocycles. The highest BCUT2D eigenvalue weighted by Crippen LogP contribution is 2.32. The van der Waals surface area contributed by atoms with Crippen LogP contribution in [0.25, 0.3) is 10.9 Å². The van der Waals surface area contributed by atoms with Gasteiger partial charge >= 0.3 is 6.18 Å². The lowest BCUT2D eigenvalue weighted by atomic mass is 10.1. The molecule has 0 spiro atoms. The number of likely N-dealkylation sites (tertiary alicyclic amines) is 1. The summed E-state index contributed by atoms with van der Waals surface area (Å²) in [6, 6.07) is 5.16. The van der Waals surface area contributed by atoms with Crippen molar-refractivity contribution in [1.82, 2.24) is 19.7 Å². The fourth-order valence-electron chi connectivity index (χ4n) is 3.55. The summed E-state index contributed by atoms with van der Waals surface area (Å²) in [6.45, 7) is 7.27. The van der Waals surface area contributed by atoms with Crippen molar-refractivity contribution >= 4 is 40.0 Å². The summed E-state index contributed by atoms with van der Waals surface area (Å²) in [7, 11) is 0. The zero-order valence-electron chi connectivity index (χ0n) is 21.4. The van der Waals surface area contributed by atoms with E-state index >= 15 is 0 Å². The molecular weight excluding hydrogens is 525 g/mol. The Balaban J connectivity index is 0.000000208. The van der Waals surface area contributed by atoms with E-state index < -0.39 is 23.4 Å². The minimum Gasteiger partial charge on any atom is -0.398 e. The van der Waals surface area contributed by atoms with E-state index in [2.05, 4.69) is 10.1 Å². The van der Waals surface area contributed by atoms with Crippen LogP contribution >= 0.6 is 11.6 Å². The van der Waals surface area contributed by atoms with Gasteiger partial charge in [0, 0.05) is 42.3 Å². The highest BCUT2D eigenvalue weighted by atomic mass is 35.5. The number of anilines is 1. The number of nitrogens with two attached hydrogens (primary N) is 2. The van der Waals surface area contributed by atoms with Crippen LogP contribution in [0.3, 0.4) is 0 Å². The Bertz CT molecular complexity index is 1250. The molecule has 1 aromatic carbocycles. The summed E-state index contributed by atoms with van der Waals surface area (Å²) in [6.07, 6.45) is 2.08. The molecule has 9 nitrogen and oxygen atoms in total. The first-order valence-corrected chi connectivity index (χ1v) is 12.2. The van der Waals surface area contributed by atoms with Gasteiger partial charge < -0.3 is 21.5 Å². The number of aromatic nitrogens is 3. The number of piperidine rings is 1. The smallest absolute Gasteiger partial charge is 0.398 e. The molecule has 0 bridgehead atoms. The molecule has 208 valence electrons.